The molecule has 0 aromatic rings. The van der Waals surface area contributed by atoms with Gasteiger partial charge in [0.25, 0.3) is 10.1 Å². The fourth-order valence-electron chi connectivity index (χ4n) is 3.97. The van der Waals surface area contributed by atoms with E-state index < -0.39 is 34.0 Å². The first-order chi connectivity index (χ1) is 15.3. The van der Waals surface area contributed by atoms with Crippen molar-refractivity contribution in [3.05, 3.63) is 0 Å². The number of carbonyl (C=O) groups is 4. The molecule has 0 spiro atoms. The molecule has 2 aliphatic rings. The van der Waals surface area contributed by atoms with Crippen LogP contribution in [0.15, 0.2) is 0 Å². The van der Waals surface area contributed by atoms with Crippen molar-refractivity contribution in [2.75, 3.05) is 26.0 Å². The van der Waals surface area contributed by atoms with Gasteiger partial charge in [0.05, 0.1) is 18.9 Å². The fraction of sp³-hybridized carbons (Fsp3) is 0.773. The van der Waals surface area contributed by atoms with Crippen LogP contribution in [0, 0.1) is 23.2 Å². The summed E-state index contributed by atoms with van der Waals surface area (Å²) in [7, 11) is -3.51. The second-order valence-corrected chi connectivity index (χ2v) is 9.88. The molecule has 12 nitrogen and oxygen atoms in total. The molecule has 4 atom stereocenters. The molecule has 4 N–H and O–H groups in total. The lowest BCUT2D eigenvalue weighted by atomic mass is 10.1. The lowest BCUT2D eigenvalue weighted by Gasteiger charge is -2.24. The normalized spacial score (nSPS) is 21.1. The monoisotopic (exact) mass is 519 g/mol. The smallest absolute Gasteiger partial charge is 0.264 e. The molecular weight excluding hydrogens is 478 g/mol. The quantitative estimate of drug-likeness (QED) is 0.386. The van der Waals surface area contributed by atoms with Crippen molar-refractivity contribution >= 4 is 33.7 Å². The van der Waals surface area contributed by atoms with E-state index in [1.165, 1.54) is 9.80 Å². The molecule has 2 fully saturated rings. The van der Waals surface area contributed by atoms with Gasteiger partial charge in [-0.1, -0.05) is 28.7 Å². The Kier molecular flexibility index (Phi) is 15.1. The van der Waals surface area contributed by atoms with Crippen LogP contribution in [0.3, 0.4) is 0 Å². The molecule has 0 aromatic heterocycles. The van der Waals surface area contributed by atoms with Gasteiger partial charge in [0.2, 0.25) is 23.6 Å². The van der Waals surface area contributed by atoms with Crippen LogP contribution in [0.25, 0.3) is 0 Å². The average molecular weight is 520 g/mol. The summed E-state index contributed by atoms with van der Waals surface area (Å²) in [5, 5.41) is 8.53. The van der Waals surface area contributed by atoms with Gasteiger partial charge in [0, 0.05) is 38.3 Å². The maximum absolute atomic E-state index is 11.7. The predicted octanol–water partition coefficient (Wildman–Crippen LogP) is 0.360. The maximum atomic E-state index is 11.7. The molecule has 0 bridgehead atoms. The number of hydrogen-bond donors (Lipinski definition) is 2. The molecule has 0 aromatic carbocycles. The molecule has 2 aliphatic heterocycles. The number of rotatable bonds is 10. The fourth-order valence-corrected chi connectivity index (χ4v) is 4.41. The summed E-state index contributed by atoms with van der Waals surface area (Å²) < 4.78 is 26.4. The Morgan fingerprint density at radius 2 is 1.40 bits per heavy atom. The topological polar surface area (TPSA) is 194 Å². The molecular formula is C22H41N5O7S. The van der Waals surface area contributed by atoms with Crippen molar-refractivity contribution in [3.63, 3.8) is 0 Å². The molecule has 13 heteroatoms. The molecule has 4 amide bonds. The van der Waals surface area contributed by atoms with E-state index >= 15 is 0 Å². The third-order valence-electron chi connectivity index (χ3n) is 5.56. The summed E-state index contributed by atoms with van der Waals surface area (Å²) in [6.07, 6.45) is 2.83. The SMILES string of the molecule is C.C.CC[C@@H](C(N)=O)N1CC(CC#N)CC1=O.CC[C@@H](C(N)=O)N1CC(COS(C)(=O)=O)CC1=O. The number of likely N-dealkylation sites (tertiary alicyclic amines) is 2. The standard InChI is InChI=1S/C10H15N3O2.C10H18N2O5S.2CH4/c1-2-8(10(12)15)13-6-7(3-4-11)5-9(13)14;1-3-8(10(11)14)12-5-7(4-9(12)13)6-17-18(2,15)16;;/h7-8H,2-3,5-6H2,1H3,(H2,12,15);7-8H,3-6H2,1-2H3,(H2,11,14);2*1H4/t2*7?,8-;;/m00../s1. The zero-order chi connectivity index (χ0) is 25.3. The van der Waals surface area contributed by atoms with Crippen molar-refractivity contribution < 1.29 is 31.8 Å². The van der Waals surface area contributed by atoms with Gasteiger partial charge in [0.15, 0.2) is 0 Å². The van der Waals surface area contributed by atoms with E-state index in [0.29, 0.717) is 38.8 Å². The van der Waals surface area contributed by atoms with Gasteiger partial charge in [-0.05, 0) is 18.8 Å². The minimum atomic E-state index is -3.51. The van der Waals surface area contributed by atoms with Gasteiger partial charge in [0.1, 0.15) is 12.1 Å². The number of carbonyl (C=O) groups excluding carboxylic acids is 4. The van der Waals surface area contributed by atoms with E-state index in [2.05, 4.69) is 4.18 Å². The van der Waals surface area contributed by atoms with Crippen LogP contribution in [-0.2, 0) is 33.5 Å². The Hall–Kier alpha value is -2.72. The molecule has 2 saturated heterocycles. The van der Waals surface area contributed by atoms with E-state index in [9.17, 15) is 27.6 Å². The zero-order valence-corrected chi connectivity index (χ0v) is 20.0. The van der Waals surface area contributed by atoms with E-state index in [0.717, 1.165) is 6.26 Å². The Morgan fingerprint density at radius 1 is 1.00 bits per heavy atom. The van der Waals surface area contributed by atoms with E-state index in [1.54, 1.807) is 6.92 Å². The van der Waals surface area contributed by atoms with Crippen LogP contribution in [0.2, 0.25) is 0 Å². The van der Waals surface area contributed by atoms with Crippen LogP contribution in [-0.4, -0.2) is 79.9 Å². The number of nitrogens with zero attached hydrogens (tertiary/aromatic N) is 3. The van der Waals surface area contributed by atoms with E-state index in [-0.39, 0.29) is 51.5 Å². The van der Waals surface area contributed by atoms with Crippen LogP contribution in [0.4, 0.5) is 0 Å². The number of primary amides is 2. The van der Waals surface area contributed by atoms with Crippen LogP contribution >= 0.6 is 0 Å². The van der Waals surface area contributed by atoms with Crippen LogP contribution in [0.1, 0.15) is 60.8 Å². The highest BCUT2D eigenvalue weighted by Crippen LogP contribution is 2.24. The maximum Gasteiger partial charge on any atom is 0.264 e. The van der Waals surface area contributed by atoms with E-state index in [4.69, 9.17) is 16.7 Å². The van der Waals surface area contributed by atoms with Gasteiger partial charge >= 0.3 is 0 Å². The number of nitrogens with two attached hydrogens (primary N) is 2. The third-order valence-corrected chi connectivity index (χ3v) is 6.12. The average Bonchev–Trinajstić information content (AvgIpc) is 3.24. The van der Waals surface area contributed by atoms with Gasteiger partial charge in [-0.3, -0.25) is 23.4 Å². The number of nitriles is 1. The Labute approximate surface area is 209 Å². The Morgan fingerprint density at radius 3 is 1.74 bits per heavy atom. The molecule has 0 aliphatic carbocycles. The highest BCUT2D eigenvalue weighted by molar-refractivity contribution is 7.85. The summed E-state index contributed by atoms with van der Waals surface area (Å²) in [4.78, 5) is 48.5. The second-order valence-electron chi connectivity index (χ2n) is 8.24. The van der Waals surface area contributed by atoms with Gasteiger partial charge in [-0.15, -0.1) is 0 Å². The Bertz CT molecular complexity index is 887. The largest absolute Gasteiger partial charge is 0.368 e. The zero-order valence-electron chi connectivity index (χ0n) is 19.2. The van der Waals surface area contributed by atoms with Crippen molar-refractivity contribution in [2.24, 2.45) is 23.3 Å². The highest BCUT2D eigenvalue weighted by atomic mass is 32.2. The summed E-state index contributed by atoms with van der Waals surface area (Å²) >= 11 is 0. The minimum absolute atomic E-state index is 0. The van der Waals surface area contributed by atoms with Crippen LogP contribution < -0.4 is 11.5 Å². The van der Waals surface area contributed by atoms with Crippen molar-refractivity contribution in [1.29, 1.82) is 5.26 Å². The van der Waals surface area contributed by atoms with Crippen molar-refractivity contribution in [1.82, 2.24) is 9.80 Å². The van der Waals surface area contributed by atoms with Crippen LogP contribution in [0.5, 0.6) is 0 Å². The number of amides is 4. The van der Waals surface area contributed by atoms with E-state index in [1.807, 2.05) is 13.0 Å². The van der Waals surface area contributed by atoms with Gasteiger partial charge in [-0.25, -0.2) is 0 Å². The third kappa shape index (κ3) is 10.6. The van der Waals surface area contributed by atoms with Crippen molar-refractivity contribution in [2.45, 2.75) is 72.9 Å². The lowest BCUT2D eigenvalue weighted by Crippen LogP contribution is -2.45. The summed E-state index contributed by atoms with van der Waals surface area (Å²) in [6.45, 7) is 4.32. The second kappa shape index (κ2) is 15.3. The van der Waals surface area contributed by atoms with Gasteiger partial charge < -0.3 is 21.3 Å². The molecule has 0 radical (unpaired) electrons. The highest BCUT2D eigenvalue weighted by Gasteiger charge is 2.37. The number of hydrogen-bond acceptors (Lipinski definition) is 8. The van der Waals surface area contributed by atoms with Gasteiger partial charge in [-0.2, -0.15) is 13.7 Å². The lowest BCUT2D eigenvalue weighted by molar-refractivity contribution is -0.136. The molecule has 2 unspecified atom stereocenters. The molecule has 35 heavy (non-hydrogen) atoms. The Balaban J connectivity index is 0. The minimum Gasteiger partial charge on any atom is -0.368 e. The summed E-state index contributed by atoms with van der Waals surface area (Å²) in [5.41, 5.74) is 10.4. The first kappa shape index (κ1) is 34.4. The van der Waals surface area contributed by atoms with Crippen molar-refractivity contribution in [3.8, 4) is 6.07 Å². The first-order valence-electron chi connectivity index (χ1n) is 10.7. The predicted molar refractivity (Wildman–Crippen MR) is 131 cm³/mol. The first-order valence-corrected chi connectivity index (χ1v) is 12.5. The molecule has 2 rings (SSSR count). The summed E-state index contributed by atoms with van der Waals surface area (Å²) in [5.74, 6) is -1.45. The molecule has 2 heterocycles. The molecule has 0 saturated carbocycles. The molecule has 202 valence electrons. The summed E-state index contributed by atoms with van der Waals surface area (Å²) in [6, 6.07) is 0.905.